The standard InChI is InChI=1S/C11H14N2O.ClH/c14-11-10(12-6-7-13-11)8-9-4-2-1-3-5-9;/h1-5,10,12H,6-8H2,(H,13,14);1H. The Labute approximate surface area is 95.7 Å². The van der Waals surface area contributed by atoms with Gasteiger partial charge in [0.05, 0.1) is 6.04 Å². The van der Waals surface area contributed by atoms with Crippen molar-refractivity contribution in [1.29, 1.82) is 0 Å². The van der Waals surface area contributed by atoms with Crippen molar-refractivity contribution in [3.63, 3.8) is 0 Å². The summed E-state index contributed by atoms with van der Waals surface area (Å²) in [5.41, 5.74) is 1.20. The summed E-state index contributed by atoms with van der Waals surface area (Å²) in [6, 6.07) is 10.0. The second-order valence-corrected chi connectivity index (χ2v) is 3.49. The fourth-order valence-corrected chi connectivity index (χ4v) is 1.66. The molecule has 82 valence electrons. The highest BCUT2D eigenvalue weighted by atomic mass is 35.5. The van der Waals surface area contributed by atoms with E-state index >= 15 is 0 Å². The van der Waals surface area contributed by atoms with Crippen molar-refractivity contribution < 1.29 is 4.79 Å². The number of carbonyl (C=O) groups excluding carboxylic acids is 1. The highest BCUT2D eigenvalue weighted by Gasteiger charge is 2.20. The Bertz CT molecular complexity index is 316. The SMILES string of the molecule is Cl.O=C1NCCNC1Cc1ccccc1. The molecule has 1 fully saturated rings. The summed E-state index contributed by atoms with van der Waals surface area (Å²) in [5, 5.41) is 6.06. The number of amides is 1. The van der Waals surface area contributed by atoms with Gasteiger partial charge in [0.25, 0.3) is 0 Å². The third-order valence-corrected chi connectivity index (χ3v) is 2.41. The van der Waals surface area contributed by atoms with Crippen LogP contribution in [0, 0.1) is 0 Å². The monoisotopic (exact) mass is 226 g/mol. The van der Waals surface area contributed by atoms with Gasteiger partial charge in [0, 0.05) is 13.1 Å². The van der Waals surface area contributed by atoms with E-state index in [1.807, 2.05) is 30.3 Å². The molecule has 1 amide bonds. The molecule has 0 aromatic heterocycles. The van der Waals surface area contributed by atoms with Crippen LogP contribution in [-0.2, 0) is 11.2 Å². The zero-order chi connectivity index (χ0) is 9.80. The van der Waals surface area contributed by atoms with Crippen LogP contribution < -0.4 is 10.6 Å². The zero-order valence-electron chi connectivity index (χ0n) is 8.40. The number of benzene rings is 1. The molecule has 0 saturated carbocycles. The number of nitrogens with one attached hydrogen (secondary N) is 2. The van der Waals surface area contributed by atoms with Crippen molar-refractivity contribution in [2.75, 3.05) is 13.1 Å². The van der Waals surface area contributed by atoms with Crippen LogP contribution in [0.1, 0.15) is 5.56 Å². The lowest BCUT2D eigenvalue weighted by Gasteiger charge is -2.23. The summed E-state index contributed by atoms with van der Waals surface area (Å²) in [4.78, 5) is 11.4. The van der Waals surface area contributed by atoms with E-state index in [2.05, 4.69) is 10.6 Å². The minimum absolute atomic E-state index is 0. The summed E-state index contributed by atoms with van der Waals surface area (Å²) in [6.07, 6.45) is 0.771. The number of halogens is 1. The van der Waals surface area contributed by atoms with Crippen molar-refractivity contribution in [2.24, 2.45) is 0 Å². The van der Waals surface area contributed by atoms with E-state index in [0.717, 1.165) is 19.5 Å². The predicted molar refractivity (Wildman–Crippen MR) is 62.2 cm³/mol. The molecule has 1 unspecified atom stereocenters. The molecule has 1 atom stereocenters. The fourth-order valence-electron chi connectivity index (χ4n) is 1.66. The second-order valence-electron chi connectivity index (χ2n) is 3.49. The maximum absolute atomic E-state index is 11.4. The minimum Gasteiger partial charge on any atom is -0.353 e. The maximum atomic E-state index is 11.4. The van der Waals surface area contributed by atoms with Gasteiger partial charge in [0.1, 0.15) is 0 Å². The molecule has 0 bridgehead atoms. The number of piperazine rings is 1. The van der Waals surface area contributed by atoms with Crippen LogP contribution in [0.25, 0.3) is 0 Å². The molecule has 3 nitrogen and oxygen atoms in total. The van der Waals surface area contributed by atoms with E-state index in [9.17, 15) is 4.79 Å². The Hall–Kier alpha value is -1.06. The van der Waals surface area contributed by atoms with E-state index < -0.39 is 0 Å². The maximum Gasteiger partial charge on any atom is 0.237 e. The molecular weight excluding hydrogens is 212 g/mol. The van der Waals surface area contributed by atoms with Gasteiger partial charge in [0.15, 0.2) is 0 Å². The van der Waals surface area contributed by atoms with E-state index in [1.165, 1.54) is 5.56 Å². The number of hydrogen-bond acceptors (Lipinski definition) is 2. The van der Waals surface area contributed by atoms with Gasteiger partial charge in [-0.25, -0.2) is 0 Å². The Morgan fingerprint density at radius 3 is 2.60 bits per heavy atom. The summed E-state index contributed by atoms with van der Waals surface area (Å²) in [5.74, 6) is 0.111. The highest BCUT2D eigenvalue weighted by Crippen LogP contribution is 2.04. The van der Waals surface area contributed by atoms with Gasteiger partial charge >= 0.3 is 0 Å². The molecule has 0 aliphatic carbocycles. The molecule has 1 aromatic carbocycles. The van der Waals surface area contributed by atoms with E-state index in [0.29, 0.717) is 0 Å². The zero-order valence-corrected chi connectivity index (χ0v) is 9.22. The molecule has 0 radical (unpaired) electrons. The van der Waals surface area contributed by atoms with Crippen LogP contribution in [0.3, 0.4) is 0 Å². The van der Waals surface area contributed by atoms with Crippen LogP contribution >= 0.6 is 12.4 Å². The van der Waals surface area contributed by atoms with Crippen LogP contribution in [-0.4, -0.2) is 25.0 Å². The fraction of sp³-hybridized carbons (Fsp3) is 0.364. The largest absolute Gasteiger partial charge is 0.353 e. The van der Waals surface area contributed by atoms with Crippen LogP contribution in [0.4, 0.5) is 0 Å². The second kappa shape index (κ2) is 5.73. The lowest BCUT2D eigenvalue weighted by Crippen LogP contribution is -2.53. The molecule has 1 aromatic rings. The van der Waals surface area contributed by atoms with Gasteiger partial charge in [-0.15, -0.1) is 12.4 Å². The lowest BCUT2D eigenvalue weighted by atomic mass is 10.0. The van der Waals surface area contributed by atoms with Crippen molar-refractivity contribution in [1.82, 2.24) is 10.6 Å². The average molecular weight is 227 g/mol. The first-order valence-corrected chi connectivity index (χ1v) is 4.91. The molecule has 1 aliphatic heterocycles. The summed E-state index contributed by atoms with van der Waals surface area (Å²) in [7, 11) is 0. The van der Waals surface area contributed by atoms with Crippen molar-refractivity contribution in [3.8, 4) is 0 Å². The van der Waals surface area contributed by atoms with Crippen LogP contribution in [0.5, 0.6) is 0 Å². The van der Waals surface area contributed by atoms with Gasteiger partial charge in [-0.1, -0.05) is 30.3 Å². The topological polar surface area (TPSA) is 41.1 Å². The third kappa shape index (κ3) is 3.22. The first-order valence-electron chi connectivity index (χ1n) is 4.91. The Balaban J connectivity index is 0.00000112. The average Bonchev–Trinajstić information content (AvgIpc) is 2.23. The summed E-state index contributed by atoms with van der Waals surface area (Å²) >= 11 is 0. The minimum atomic E-state index is -0.0638. The van der Waals surface area contributed by atoms with Crippen LogP contribution in [0.15, 0.2) is 30.3 Å². The molecule has 2 N–H and O–H groups in total. The molecule has 2 rings (SSSR count). The molecule has 1 aliphatic rings. The molecular formula is C11H15ClN2O. The van der Waals surface area contributed by atoms with E-state index in [-0.39, 0.29) is 24.4 Å². The van der Waals surface area contributed by atoms with Crippen molar-refractivity contribution >= 4 is 18.3 Å². The molecule has 4 heteroatoms. The lowest BCUT2D eigenvalue weighted by molar-refractivity contribution is -0.124. The van der Waals surface area contributed by atoms with Crippen LogP contribution in [0.2, 0.25) is 0 Å². The summed E-state index contributed by atoms with van der Waals surface area (Å²) in [6.45, 7) is 1.60. The van der Waals surface area contributed by atoms with Gasteiger partial charge in [-0.3, -0.25) is 4.79 Å². The summed E-state index contributed by atoms with van der Waals surface area (Å²) < 4.78 is 0. The first kappa shape index (κ1) is 12.0. The Morgan fingerprint density at radius 2 is 1.93 bits per heavy atom. The Kier molecular flexibility index (Phi) is 4.59. The smallest absolute Gasteiger partial charge is 0.237 e. The number of hydrogen-bond donors (Lipinski definition) is 2. The molecule has 1 heterocycles. The van der Waals surface area contributed by atoms with Gasteiger partial charge in [-0.05, 0) is 12.0 Å². The quantitative estimate of drug-likeness (QED) is 0.781. The normalized spacial score (nSPS) is 20.3. The van der Waals surface area contributed by atoms with Crippen molar-refractivity contribution in [3.05, 3.63) is 35.9 Å². The number of rotatable bonds is 2. The first-order chi connectivity index (χ1) is 6.86. The molecule has 1 saturated heterocycles. The Morgan fingerprint density at radius 1 is 1.20 bits per heavy atom. The van der Waals surface area contributed by atoms with Gasteiger partial charge in [0.2, 0.25) is 5.91 Å². The third-order valence-electron chi connectivity index (χ3n) is 2.41. The van der Waals surface area contributed by atoms with E-state index in [4.69, 9.17) is 0 Å². The highest BCUT2D eigenvalue weighted by molar-refractivity contribution is 5.85. The number of carbonyl (C=O) groups is 1. The van der Waals surface area contributed by atoms with Gasteiger partial charge < -0.3 is 10.6 Å². The molecule has 0 spiro atoms. The van der Waals surface area contributed by atoms with Crippen molar-refractivity contribution in [2.45, 2.75) is 12.5 Å². The van der Waals surface area contributed by atoms with Gasteiger partial charge in [-0.2, -0.15) is 0 Å². The predicted octanol–water partition coefficient (Wildman–Crippen LogP) is 0.739. The van der Waals surface area contributed by atoms with E-state index in [1.54, 1.807) is 0 Å². The molecule has 15 heavy (non-hydrogen) atoms.